The van der Waals surface area contributed by atoms with Gasteiger partial charge in [-0.15, -0.1) is 0 Å². The number of aryl methyl sites for hydroxylation is 1. The molecule has 0 aliphatic heterocycles. The summed E-state index contributed by atoms with van der Waals surface area (Å²) in [6, 6.07) is 6.13. The molecular weight excluding hydrogens is 162 g/mol. The lowest BCUT2D eigenvalue weighted by Gasteiger charge is -1.97. The lowest BCUT2D eigenvalue weighted by molar-refractivity contribution is 1.00. The molecule has 0 amide bonds. The van der Waals surface area contributed by atoms with Crippen LogP contribution in [-0.4, -0.2) is 17.0 Å². The molecule has 13 heavy (non-hydrogen) atoms. The van der Waals surface area contributed by atoms with E-state index in [0.717, 1.165) is 29.0 Å². The highest BCUT2D eigenvalue weighted by atomic mass is 14.9. The summed E-state index contributed by atoms with van der Waals surface area (Å²) in [7, 11) is 1.91. The molecule has 0 saturated heterocycles. The molecule has 68 valence electrons. The standard InChI is InChI=1S/C10H13N3/c1-3-10-12-8-5-4-7(11-2)6-9(8)13-10/h4-6,11H,3H2,1-2H3,(H,12,13). The van der Waals surface area contributed by atoms with E-state index >= 15 is 0 Å². The number of anilines is 1. The molecule has 0 fully saturated rings. The van der Waals surface area contributed by atoms with Crippen LogP contribution >= 0.6 is 0 Å². The average molecular weight is 175 g/mol. The van der Waals surface area contributed by atoms with Crippen molar-refractivity contribution in [2.24, 2.45) is 0 Å². The predicted octanol–water partition coefficient (Wildman–Crippen LogP) is 2.17. The Morgan fingerprint density at radius 1 is 1.46 bits per heavy atom. The molecule has 2 aromatic rings. The van der Waals surface area contributed by atoms with Crippen LogP contribution in [0.5, 0.6) is 0 Å². The number of fused-ring (bicyclic) bond motifs is 1. The van der Waals surface area contributed by atoms with E-state index in [1.807, 2.05) is 19.2 Å². The smallest absolute Gasteiger partial charge is 0.106 e. The van der Waals surface area contributed by atoms with Gasteiger partial charge in [0.25, 0.3) is 0 Å². The summed E-state index contributed by atoms with van der Waals surface area (Å²) in [5.41, 5.74) is 3.25. The van der Waals surface area contributed by atoms with Crippen molar-refractivity contribution in [1.82, 2.24) is 9.97 Å². The molecule has 0 saturated carbocycles. The molecule has 0 atom stereocenters. The quantitative estimate of drug-likeness (QED) is 0.734. The molecule has 3 nitrogen and oxygen atoms in total. The monoisotopic (exact) mass is 175 g/mol. The van der Waals surface area contributed by atoms with Crippen LogP contribution in [0.25, 0.3) is 11.0 Å². The number of hydrogen-bond acceptors (Lipinski definition) is 2. The molecule has 2 N–H and O–H groups in total. The van der Waals surface area contributed by atoms with Crippen LogP contribution in [0.4, 0.5) is 5.69 Å². The van der Waals surface area contributed by atoms with E-state index in [-0.39, 0.29) is 0 Å². The van der Waals surface area contributed by atoms with Gasteiger partial charge in [0.1, 0.15) is 5.82 Å². The summed E-state index contributed by atoms with van der Waals surface area (Å²) in [5, 5.41) is 3.10. The van der Waals surface area contributed by atoms with E-state index in [0.29, 0.717) is 0 Å². The maximum absolute atomic E-state index is 4.42. The topological polar surface area (TPSA) is 40.7 Å². The fourth-order valence-corrected chi connectivity index (χ4v) is 1.39. The van der Waals surface area contributed by atoms with Crippen LogP contribution in [0.15, 0.2) is 18.2 Å². The third kappa shape index (κ3) is 1.37. The Labute approximate surface area is 77.2 Å². The number of benzene rings is 1. The highest BCUT2D eigenvalue weighted by molar-refractivity contribution is 5.79. The van der Waals surface area contributed by atoms with E-state index in [1.54, 1.807) is 0 Å². The minimum Gasteiger partial charge on any atom is -0.388 e. The van der Waals surface area contributed by atoms with Crippen molar-refractivity contribution in [1.29, 1.82) is 0 Å². The fraction of sp³-hybridized carbons (Fsp3) is 0.300. The summed E-state index contributed by atoms with van der Waals surface area (Å²) >= 11 is 0. The van der Waals surface area contributed by atoms with Crippen molar-refractivity contribution in [2.45, 2.75) is 13.3 Å². The molecule has 0 spiro atoms. The van der Waals surface area contributed by atoms with Crippen LogP contribution in [0.3, 0.4) is 0 Å². The van der Waals surface area contributed by atoms with E-state index in [9.17, 15) is 0 Å². The first-order valence-electron chi connectivity index (χ1n) is 4.50. The molecule has 0 aliphatic rings. The highest BCUT2D eigenvalue weighted by Crippen LogP contribution is 2.16. The van der Waals surface area contributed by atoms with Crippen LogP contribution in [0.2, 0.25) is 0 Å². The summed E-state index contributed by atoms with van der Waals surface area (Å²) in [5.74, 6) is 1.04. The Hall–Kier alpha value is -1.51. The molecule has 1 aromatic heterocycles. The first-order valence-corrected chi connectivity index (χ1v) is 4.50. The second kappa shape index (κ2) is 3.09. The molecule has 0 aliphatic carbocycles. The Bertz CT molecular complexity index is 415. The van der Waals surface area contributed by atoms with E-state index in [2.05, 4.69) is 28.3 Å². The molecule has 3 heteroatoms. The Morgan fingerprint density at radius 2 is 2.31 bits per heavy atom. The molecule has 0 unspecified atom stereocenters. The van der Waals surface area contributed by atoms with Gasteiger partial charge in [0, 0.05) is 19.2 Å². The molecule has 2 rings (SSSR count). The Balaban J connectivity index is 2.57. The zero-order chi connectivity index (χ0) is 9.26. The van der Waals surface area contributed by atoms with Gasteiger partial charge in [0.05, 0.1) is 11.0 Å². The molecule has 0 radical (unpaired) electrons. The molecule has 1 heterocycles. The number of nitrogens with zero attached hydrogens (tertiary/aromatic N) is 1. The minimum absolute atomic E-state index is 0.948. The van der Waals surface area contributed by atoms with Crippen molar-refractivity contribution in [3.8, 4) is 0 Å². The SMILES string of the molecule is CCc1nc2ccc(NC)cc2[nH]1. The van der Waals surface area contributed by atoms with Gasteiger partial charge in [-0.3, -0.25) is 0 Å². The number of aromatic nitrogens is 2. The fourth-order valence-electron chi connectivity index (χ4n) is 1.39. The second-order valence-corrected chi connectivity index (χ2v) is 3.02. The summed E-state index contributed by atoms with van der Waals surface area (Å²) < 4.78 is 0. The van der Waals surface area contributed by atoms with Gasteiger partial charge in [0.2, 0.25) is 0 Å². The number of aromatic amines is 1. The second-order valence-electron chi connectivity index (χ2n) is 3.02. The number of rotatable bonds is 2. The zero-order valence-electron chi connectivity index (χ0n) is 7.89. The maximum atomic E-state index is 4.42. The molecular formula is C10H13N3. The van der Waals surface area contributed by atoms with Crippen LogP contribution in [-0.2, 0) is 6.42 Å². The van der Waals surface area contributed by atoms with Crippen LogP contribution < -0.4 is 5.32 Å². The van der Waals surface area contributed by atoms with E-state index < -0.39 is 0 Å². The van der Waals surface area contributed by atoms with Gasteiger partial charge < -0.3 is 10.3 Å². The van der Waals surface area contributed by atoms with E-state index in [4.69, 9.17) is 0 Å². The summed E-state index contributed by atoms with van der Waals surface area (Å²) in [6.07, 6.45) is 0.948. The third-order valence-corrected chi connectivity index (χ3v) is 2.15. The van der Waals surface area contributed by atoms with Crippen molar-refractivity contribution in [3.05, 3.63) is 24.0 Å². The third-order valence-electron chi connectivity index (χ3n) is 2.15. The van der Waals surface area contributed by atoms with Crippen LogP contribution in [0.1, 0.15) is 12.7 Å². The average Bonchev–Trinajstić information content (AvgIpc) is 2.58. The number of H-pyrrole nitrogens is 1. The van der Waals surface area contributed by atoms with Gasteiger partial charge in [-0.25, -0.2) is 4.98 Å². The lowest BCUT2D eigenvalue weighted by Crippen LogP contribution is -1.86. The Morgan fingerprint density at radius 3 is 3.00 bits per heavy atom. The maximum Gasteiger partial charge on any atom is 0.106 e. The van der Waals surface area contributed by atoms with Crippen molar-refractivity contribution >= 4 is 16.7 Å². The Kier molecular flexibility index (Phi) is 1.93. The summed E-state index contributed by atoms with van der Waals surface area (Å²) in [6.45, 7) is 2.09. The van der Waals surface area contributed by atoms with Crippen molar-refractivity contribution < 1.29 is 0 Å². The van der Waals surface area contributed by atoms with Gasteiger partial charge >= 0.3 is 0 Å². The first kappa shape index (κ1) is 8.10. The number of imidazole rings is 1. The predicted molar refractivity (Wildman–Crippen MR) is 55.0 cm³/mol. The zero-order valence-corrected chi connectivity index (χ0v) is 7.89. The van der Waals surface area contributed by atoms with E-state index in [1.165, 1.54) is 0 Å². The van der Waals surface area contributed by atoms with Crippen molar-refractivity contribution in [3.63, 3.8) is 0 Å². The van der Waals surface area contributed by atoms with Gasteiger partial charge in [-0.2, -0.15) is 0 Å². The molecule has 1 aromatic carbocycles. The first-order chi connectivity index (χ1) is 6.33. The van der Waals surface area contributed by atoms with Crippen molar-refractivity contribution in [2.75, 3.05) is 12.4 Å². The number of hydrogen-bond donors (Lipinski definition) is 2. The highest BCUT2D eigenvalue weighted by Gasteiger charge is 2.00. The lowest BCUT2D eigenvalue weighted by atomic mass is 10.3. The summed E-state index contributed by atoms with van der Waals surface area (Å²) in [4.78, 5) is 7.69. The normalized spacial score (nSPS) is 10.6. The molecule has 0 bridgehead atoms. The minimum atomic E-state index is 0.948. The van der Waals surface area contributed by atoms with Gasteiger partial charge in [0.15, 0.2) is 0 Å². The van der Waals surface area contributed by atoms with Gasteiger partial charge in [-0.05, 0) is 18.2 Å². The van der Waals surface area contributed by atoms with Crippen LogP contribution in [0, 0.1) is 0 Å². The van der Waals surface area contributed by atoms with Gasteiger partial charge in [-0.1, -0.05) is 6.92 Å². The number of nitrogens with one attached hydrogen (secondary N) is 2. The largest absolute Gasteiger partial charge is 0.388 e.